The molecule has 1 aliphatic rings. The number of aromatic nitrogens is 2. The first kappa shape index (κ1) is 18.3. The quantitative estimate of drug-likeness (QED) is 0.469. The third kappa shape index (κ3) is 2.94. The second-order valence-corrected chi connectivity index (χ2v) is 9.25. The first-order chi connectivity index (χ1) is 13.9. The molecule has 0 bridgehead atoms. The second kappa shape index (κ2) is 6.66. The lowest BCUT2D eigenvalue weighted by molar-refractivity contribution is 0.556. The largest absolute Gasteiger partial charge is 0.423 e. The molecular formula is C23H22N2O3S. The Bertz CT molecular complexity index is 1390. The minimum atomic E-state index is -0.400. The number of benzene rings is 1. The molecule has 29 heavy (non-hydrogen) atoms. The molecule has 3 heterocycles. The fourth-order valence-corrected chi connectivity index (χ4v) is 5.68. The Kier molecular flexibility index (Phi) is 4.21. The maximum Gasteiger partial charge on any atom is 0.336 e. The average Bonchev–Trinajstić information content (AvgIpc) is 3.24. The molecule has 0 spiro atoms. The zero-order chi connectivity index (χ0) is 20.3. The molecule has 0 fully saturated rings. The molecule has 0 amide bonds. The van der Waals surface area contributed by atoms with Gasteiger partial charge in [-0.15, -0.1) is 11.3 Å². The molecule has 1 aliphatic carbocycles. The van der Waals surface area contributed by atoms with Crippen molar-refractivity contribution in [3.05, 3.63) is 72.4 Å². The van der Waals surface area contributed by atoms with Crippen LogP contribution < -0.4 is 11.2 Å². The summed E-state index contributed by atoms with van der Waals surface area (Å²) in [6.07, 6.45) is 4.70. The van der Waals surface area contributed by atoms with Crippen LogP contribution in [0.4, 0.5) is 0 Å². The van der Waals surface area contributed by atoms with Crippen molar-refractivity contribution in [3.8, 4) is 0 Å². The van der Waals surface area contributed by atoms with E-state index in [0.29, 0.717) is 18.0 Å². The monoisotopic (exact) mass is 406 g/mol. The highest BCUT2D eigenvalue weighted by molar-refractivity contribution is 7.18. The lowest BCUT2D eigenvalue weighted by atomic mass is 9.95. The summed E-state index contributed by atoms with van der Waals surface area (Å²) in [5.41, 5.74) is 4.41. The van der Waals surface area contributed by atoms with E-state index in [9.17, 15) is 9.59 Å². The van der Waals surface area contributed by atoms with E-state index in [1.807, 2.05) is 13.0 Å². The lowest BCUT2D eigenvalue weighted by Gasteiger charge is -2.13. The fraction of sp³-hybridized carbons (Fsp3) is 0.348. The van der Waals surface area contributed by atoms with Crippen molar-refractivity contribution in [1.29, 1.82) is 0 Å². The molecule has 0 atom stereocenters. The predicted molar refractivity (Wildman–Crippen MR) is 116 cm³/mol. The van der Waals surface area contributed by atoms with Gasteiger partial charge >= 0.3 is 5.63 Å². The van der Waals surface area contributed by atoms with Crippen molar-refractivity contribution in [1.82, 2.24) is 9.55 Å². The van der Waals surface area contributed by atoms with Crippen LogP contribution in [0.1, 0.15) is 53.3 Å². The highest BCUT2D eigenvalue weighted by atomic mass is 32.1. The maximum absolute atomic E-state index is 13.2. The minimum absolute atomic E-state index is 0.0213. The summed E-state index contributed by atoms with van der Waals surface area (Å²) in [6, 6.07) is 5.51. The molecule has 5 nitrogen and oxygen atoms in total. The highest BCUT2D eigenvalue weighted by Gasteiger charge is 2.21. The lowest BCUT2D eigenvalue weighted by Crippen LogP contribution is -2.22. The molecule has 5 rings (SSSR count). The fourth-order valence-electron chi connectivity index (χ4n) is 4.46. The summed E-state index contributed by atoms with van der Waals surface area (Å²) < 4.78 is 7.07. The standard InChI is InChI=1S/C23H22N2O3S/c1-12(2)16-9-17-14(8-20(26)28-18(17)7-13(16)3)10-25-11-24-22-21(23(25)27)15-5-4-6-19(15)29-22/h7-9,11-12H,4-6,10H2,1-3H3. The van der Waals surface area contributed by atoms with Crippen molar-refractivity contribution < 1.29 is 4.42 Å². The van der Waals surface area contributed by atoms with Gasteiger partial charge in [-0.1, -0.05) is 13.8 Å². The van der Waals surface area contributed by atoms with E-state index in [4.69, 9.17) is 4.42 Å². The molecule has 0 radical (unpaired) electrons. The molecule has 0 saturated carbocycles. The number of aryl methyl sites for hydroxylation is 3. The number of nitrogens with zero attached hydrogens (tertiary/aromatic N) is 2. The van der Waals surface area contributed by atoms with Gasteiger partial charge in [-0.3, -0.25) is 9.36 Å². The van der Waals surface area contributed by atoms with E-state index in [-0.39, 0.29) is 5.56 Å². The molecule has 148 valence electrons. The Morgan fingerprint density at radius 1 is 1.21 bits per heavy atom. The van der Waals surface area contributed by atoms with Crippen LogP contribution in [0.5, 0.6) is 0 Å². The van der Waals surface area contributed by atoms with Crippen LogP contribution in [0.3, 0.4) is 0 Å². The zero-order valence-electron chi connectivity index (χ0n) is 16.7. The number of rotatable bonds is 3. The smallest absolute Gasteiger partial charge is 0.336 e. The summed E-state index contributed by atoms with van der Waals surface area (Å²) in [4.78, 5) is 32.1. The zero-order valence-corrected chi connectivity index (χ0v) is 17.6. The van der Waals surface area contributed by atoms with Gasteiger partial charge in [0.15, 0.2) is 0 Å². The van der Waals surface area contributed by atoms with Crippen LogP contribution in [0.15, 0.2) is 38.5 Å². The Morgan fingerprint density at radius 3 is 2.83 bits per heavy atom. The minimum Gasteiger partial charge on any atom is -0.423 e. The summed E-state index contributed by atoms with van der Waals surface area (Å²) in [7, 11) is 0. The first-order valence-electron chi connectivity index (χ1n) is 9.99. The Labute approximate surface area is 171 Å². The third-order valence-corrected chi connectivity index (χ3v) is 7.07. The van der Waals surface area contributed by atoms with Gasteiger partial charge in [-0.05, 0) is 66.5 Å². The van der Waals surface area contributed by atoms with Gasteiger partial charge in [0.2, 0.25) is 0 Å². The van der Waals surface area contributed by atoms with Crippen LogP contribution in [-0.4, -0.2) is 9.55 Å². The first-order valence-corrected chi connectivity index (χ1v) is 10.8. The normalized spacial score (nSPS) is 13.7. The van der Waals surface area contributed by atoms with E-state index in [2.05, 4.69) is 24.9 Å². The van der Waals surface area contributed by atoms with Crippen molar-refractivity contribution in [2.45, 2.75) is 52.5 Å². The summed E-state index contributed by atoms with van der Waals surface area (Å²) in [5.74, 6) is 0.355. The number of hydrogen-bond acceptors (Lipinski definition) is 5. The third-order valence-electron chi connectivity index (χ3n) is 5.87. The van der Waals surface area contributed by atoms with Crippen LogP contribution in [0, 0.1) is 6.92 Å². The van der Waals surface area contributed by atoms with Crippen molar-refractivity contribution in [3.63, 3.8) is 0 Å². The summed E-state index contributed by atoms with van der Waals surface area (Å²) >= 11 is 1.64. The van der Waals surface area contributed by atoms with E-state index in [0.717, 1.165) is 46.0 Å². The molecule has 6 heteroatoms. The number of hydrogen-bond donors (Lipinski definition) is 0. The average molecular weight is 407 g/mol. The summed E-state index contributed by atoms with van der Waals surface area (Å²) in [6.45, 7) is 6.62. The second-order valence-electron chi connectivity index (χ2n) is 8.17. The topological polar surface area (TPSA) is 65.1 Å². The van der Waals surface area contributed by atoms with Gasteiger partial charge < -0.3 is 4.42 Å². The van der Waals surface area contributed by atoms with E-state index in [1.165, 1.54) is 22.1 Å². The molecule has 0 unspecified atom stereocenters. The Hall–Kier alpha value is -2.73. The maximum atomic E-state index is 13.2. The molecule has 0 N–H and O–H groups in total. The predicted octanol–water partition coefficient (Wildman–Crippen LogP) is 4.53. The Morgan fingerprint density at radius 2 is 2.03 bits per heavy atom. The van der Waals surface area contributed by atoms with Crippen molar-refractivity contribution in [2.24, 2.45) is 0 Å². The molecule has 0 aliphatic heterocycles. The van der Waals surface area contributed by atoms with Crippen LogP contribution in [0.25, 0.3) is 21.2 Å². The van der Waals surface area contributed by atoms with Crippen LogP contribution >= 0.6 is 11.3 Å². The Balaban J connectivity index is 1.69. The van der Waals surface area contributed by atoms with Gasteiger partial charge in [0.25, 0.3) is 5.56 Å². The number of fused-ring (bicyclic) bond motifs is 4. The van der Waals surface area contributed by atoms with Crippen LogP contribution in [-0.2, 0) is 19.4 Å². The molecule has 1 aromatic carbocycles. The van der Waals surface area contributed by atoms with Gasteiger partial charge in [0.1, 0.15) is 10.4 Å². The van der Waals surface area contributed by atoms with Gasteiger partial charge in [0.05, 0.1) is 18.3 Å². The molecule has 0 saturated heterocycles. The van der Waals surface area contributed by atoms with Gasteiger partial charge in [-0.25, -0.2) is 9.78 Å². The van der Waals surface area contributed by atoms with Gasteiger partial charge in [-0.2, -0.15) is 0 Å². The van der Waals surface area contributed by atoms with E-state index < -0.39 is 5.63 Å². The van der Waals surface area contributed by atoms with Gasteiger partial charge in [0, 0.05) is 16.3 Å². The summed E-state index contributed by atoms with van der Waals surface area (Å²) in [5, 5.41) is 1.64. The molecule has 4 aromatic rings. The highest BCUT2D eigenvalue weighted by Crippen LogP contribution is 2.34. The van der Waals surface area contributed by atoms with Crippen LogP contribution in [0.2, 0.25) is 0 Å². The molecule has 3 aromatic heterocycles. The van der Waals surface area contributed by atoms with Crippen molar-refractivity contribution >= 4 is 32.5 Å². The van der Waals surface area contributed by atoms with E-state index >= 15 is 0 Å². The molecular weight excluding hydrogens is 384 g/mol. The van der Waals surface area contributed by atoms with Crippen molar-refractivity contribution in [2.75, 3.05) is 0 Å². The van der Waals surface area contributed by atoms with E-state index in [1.54, 1.807) is 22.2 Å². The SMILES string of the molecule is Cc1cc2oc(=O)cc(Cn3cnc4sc5c(c4c3=O)CCC5)c2cc1C(C)C. The number of thiophene rings is 1.